The minimum Gasteiger partial charge on any atom is -0.480 e. The zero-order chi connectivity index (χ0) is 32.9. The first-order valence-corrected chi connectivity index (χ1v) is 16.2. The maximum Gasteiger partial charge on any atom is 0.317 e. The number of rotatable bonds is 19. The normalized spacial score (nSPS) is 18.0. The average Bonchev–Trinajstić information content (AvgIpc) is 2.97. The summed E-state index contributed by atoms with van der Waals surface area (Å²) in [4.78, 5) is 59.2. The lowest BCUT2D eigenvalue weighted by atomic mass is 9.94. The number of aliphatic carboxylic acids is 3. The monoisotopic (exact) mass is 627 g/mol. The fourth-order valence-electron chi connectivity index (χ4n) is 5.68. The number of methoxy groups -OCH3 is 1. The summed E-state index contributed by atoms with van der Waals surface area (Å²) in [6, 6.07) is 0. The fraction of sp³-hybridized carbons (Fsp3) is 0.839. The van der Waals surface area contributed by atoms with E-state index in [0.29, 0.717) is 64.8 Å². The van der Waals surface area contributed by atoms with E-state index in [-0.39, 0.29) is 31.5 Å². The first kappa shape index (κ1) is 39.4. The van der Waals surface area contributed by atoms with E-state index in [1.807, 2.05) is 16.7 Å². The van der Waals surface area contributed by atoms with Crippen LogP contribution in [0, 0.1) is 11.8 Å². The quantitative estimate of drug-likeness (QED) is 0.109. The lowest BCUT2D eigenvalue weighted by molar-refractivity contribution is -0.146. The topological polar surface area (TPSA) is 164 Å². The number of hydrogen-bond acceptors (Lipinski definition) is 10. The molecule has 3 N–H and O–H groups in total. The first-order chi connectivity index (χ1) is 21.0. The van der Waals surface area contributed by atoms with Crippen molar-refractivity contribution in [2.45, 2.75) is 65.7 Å². The van der Waals surface area contributed by atoms with Gasteiger partial charge in [0.1, 0.15) is 0 Å². The summed E-state index contributed by atoms with van der Waals surface area (Å²) >= 11 is 0. The van der Waals surface area contributed by atoms with E-state index in [4.69, 9.17) is 9.73 Å². The van der Waals surface area contributed by atoms with Crippen LogP contribution in [0.3, 0.4) is 0 Å². The Labute approximate surface area is 263 Å². The van der Waals surface area contributed by atoms with Crippen LogP contribution < -0.4 is 0 Å². The zero-order valence-electron chi connectivity index (χ0n) is 27.4. The van der Waals surface area contributed by atoms with Crippen LogP contribution in [-0.2, 0) is 23.9 Å². The van der Waals surface area contributed by atoms with Gasteiger partial charge in [-0.3, -0.25) is 38.9 Å². The molecule has 0 saturated carbocycles. The number of hydrogen-bond donors (Lipinski definition) is 3. The van der Waals surface area contributed by atoms with Gasteiger partial charge in [0.2, 0.25) is 0 Å². The molecule has 254 valence electrons. The Morgan fingerprint density at radius 3 is 1.43 bits per heavy atom. The summed E-state index contributed by atoms with van der Waals surface area (Å²) < 4.78 is 4.90. The summed E-state index contributed by atoms with van der Waals surface area (Å²) in [6.45, 7) is 11.1. The SMILES string of the molecule is CCC(CCCCN=C(CCN1CCN(CC(=O)O)CCN(CC(=O)O)CCN(CC(=O)O)CC1)C(CC)CC)C(=O)OC. The molecular weight excluding hydrogens is 570 g/mol. The number of ether oxygens (including phenoxy) is 1. The Kier molecular flexibility index (Phi) is 20.5. The molecule has 0 amide bonds. The molecule has 1 heterocycles. The van der Waals surface area contributed by atoms with Crippen molar-refractivity contribution in [1.82, 2.24) is 19.6 Å². The molecule has 1 atom stereocenters. The summed E-state index contributed by atoms with van der Waals surface area (Å²) in [5.41, 5.74) is 1.18. The zero-order valence-corrected chi connectivity index (χ0v) is 27.4. The van der Waals surface area contributed by atoms with E-state index in [9.17, 15) is 34.5 Å². The highest BCUT2D eigenvalue weighted by molar-refractivity contribution is 5.87. The number of carboxylic acid groups (broad SMARTS) is 3. The van der Waals surface area contributed by atoms with Crippen LogP contribution in [0.2, 0.25) is 0 Å². The van der Waals surface area contributed by atoms with E-state index in [0.717, 1.165) is 51.5 Å². The Morgan fingerprint density at radius 2 is 1.07 bits per heavy atom. The van der Waals surface area contributed by atoms with Crippen molar-refractivity contribution in [2.24, 2.45) is 16.8 Å². The van der Waals surface area contributed by atoms with Crippen LogP contribution in [-0.4, -0.2) is 157 Å². The van der Waals surface area contributed by atoms with Gasteiger partial charge in [0.15, 0.2) is 0 Å². The second kappa shape index (κ2) is 22.8. The fourth-order valence-corrected chi connectivity index (χ4v) is 5.68. The number of esters is 1. The Morgan fingerprint density at radius 1 is 0.659 bits per heavy atom. The molecule has 0 aromatic heterocycles. The van der Waals surface area contributed by atoms with Gasteiger partial charge in [0.05, 0.1) is 32.7 Å². The predicted molar refractivity (Wildman–Crippen MR) is 169 cm³/mol. The first-order valence-electron chi connectivity index (χ1n) is 16.2. The molecule has 44 heavy (non-hydrogen) atoms. The maximum absolute atomic E-state index is 11.9. The summed E-state index contributed by atoms with van der Waals surface area (Å²) in [5, 5.41) is 28.3. The van der Waals surface area contributed by atoms with Crippen molar-refractivity contribution >= 4 is 29.6 Å². The lowest BCUT2D eigenvalue weighted by Crippen LogP contribution is -2.48. The Balaban J connectivity index is 2.99. The van der Waals surface area contributed by atoms with E-state index in [1.54, 1.807) is 4.90 Å². The second-order valence-corrected chi connectivity index (χ2v) is 11.6. The summed E-state index contributed by atoms with van der Waals surface area (Å²) in [5.74, 6) is -2.69. The standard InChI is InChI=1S/C31H57N5O8/c1-5-25(6-2)27(32-12-9-8-10-26(7-3)31(43)44-4)11-13-33-14-16-34(22-28(37)38)18-20-36(24-30(41)42)21-19-35(17-15-33)23-29(39)40/h25-26H,5-24H2,1-4H3,(H,37,38)(H,39,40)(H,41,42). The van der Waals surface area contributed by atoms with Gasteiger partial charge in [0, 0.05) is 71.2 Å². The van der Waals surface area contributed by atoms with Crippen molar-refractivity contribution < 1.29 is 39.2 Å². The molecule has 0 spiro atoms. The molecule has 1 aliphatic rings. The molecule has 1 rings (SSSR count). The molecule has 1 saturated heterocycles. The van der Waals surface area contributed by atoms with Crippen molar-refractivity contribution in [2.75, 3.05) is 92.2 Å². The third-order valence-electron chi connectivity index (χ3n) is 8.45. The highest BCUT2D eigenvalue weighted by Crippen LogP contribution is 2.17. The minimum atomic E-state index is -0.973. The van der Waals surface area contributed by atoms with Crippen LogP contribution in [0.25, 0.3) is 0 Å². The predicted octanol–water partition coefficient (Wildman–Crippen LogP) is 2.10. The number of carbonyl (C=O) groups is 4. The largest absolute Gasteiger partial charge is 0.480 e. The molecule has 1 unspecified atom stereocenters. The van der Waals surface area contributed by atoms with Crippen LogP contribution in [0.1, 0.15) is 65.7 Å². The molecule has 0 radical (unpaired) electrons. The van der Waals surface area contributed by atoms with Crippen LogP contribution >= 0.6 is 0 Å². The van der Waals surface area contributed by atoms with Crippen LogP contribution in [0.15, 0.2) is 4.99 Å². The van der Waals surface area contributed by atoms with E-state index < -0.39 is 17.9 Å². The molecule has 1 fully saturated rings. The smallest absolute Gasteiger partial charge is 0.317 e. The van der Waals surface area contributed by atoms with Crippen molar-refractivity contribution in [3.63, 3.8) is 0 Å². The molecular formula is C31H57N5O8. The van der Waals surface area contributed by atoms with Gasteiger partial charge in [-0.25, -0.2) is 0 Å². The molecule has 0 bridgehead atoms. The van der Waals surface area contributed by atoms with Gasteiger partial charge in [0.25, 0.3) is 0 Å². The highest BCUT2D eigenvalue weighted by atomic mass is 16.5. The summed E-state index contributed by atoms with van der Waals surface area (Å²) in [7, 11) is 1.43. The molecule has 0 aromatic rings. The summed E-state index contributed by atoms with van der Waals surface area (Å²) in [6.07, 6.45) is 6.11. The number of nitrogens with zero attached hydrogens (tertiary/aromatic N) is 5. The van der Waals surface area contributed by atoms with Crippen LogP contribution in [0.5, 0.6) is 0 Å². The number of unbranched alkanes of at least 4 members (excludes halogenated alkanes) is 1. The number of carboxylic acids is 3. The number of carbonyl (C=O) groups excluding carboxylic acids is 1. The van der Waals surface area contributed by atoms with Gasteiger partial charge < -0.3 is 25.0 Å². The molecule has 0 aromatic carbocycles. The second-order valence-electron chi connectivity index (χ2n) is 11.6. The van der Waals surface area contributed by atoms with E-state index in [2.05, 4.69) is 18.7 Å². The molecule has 13 nitrogen and oxygen atoms in total. The number of aliphatic imine (C=N–C) groups is 1. The van der Waals surface area contributed by atoms with Crippen molar-refractivity contribution in [3.05, 3.63) is 0 Å². The molecule has 13 heteroatoms. The van der Waals surface area contributed by atoms with Gasteiger partial charge >= 0.3 is 23.9 Å². The minimum absolute atomic E-state index is 0.0713. The Hall–Kier alpha value is -2.61. The van der Waals surface area contributed by atoms with Crippen LogP contribution in [0.4, 0.5) is 0 Å². The average molecular weight is 628 g/mol. The highest BCUT2D eigenvalue weighted by Gasteiger charge is 2.21. The van der Waals surface area contributed by atoms with Gasteiger partial charge in [-0.05, 0) is 44.4 Å². The molecule has 0 aliphatic carbocycles. The Bertz CT molecular complexity index is 866. The lowest BCUT2D eigenvalue weighted by Gasteiger charge is -2.33. The molecule has 1 aliphatic heterocycles. The third-order valence-corrected chi connectivity index (χ3v) is 8.45. The van der Waals surface area contributed by atoms with Gasteiger partial charge in [-0.2, -0.15) is 0 Å². The third kappa shape index (κ3) is 17.0. The maximum atomic E-state index is 11.9. The van der Waals surface area contributed by atoms with E-state index in [1.165, 1.54) is 12.8 Å². The van der Waals surface area contributed by atoms with Gasteiger partial charge in [-0.15, -0.1) is 0 Å². The van der Waals surface area contributed by atoms with Crippen molar-refractivity contribution in [1.29, 1.82) is 0 Å². The van der Waals surface area contributed by atoms with Gasteiger partial charge in [-0.1, -0.05) is 27.2 Å². The van der Waals surface area contributed by atoms with Crippen molar-refractivity contribution in [3.8, 4) is 0 Å². The van der Waals surface area contributed by atoms with E-state index >= 15 is 0 Å².